The molecule has 1 atom stereocenters. The average Bonchev–Trinajstić information content (AvgIpc) is 2.14. The zero-order valence-electron chi connectivity index (χ0n) is 4.98. The molecule has 2 N–H and O–H groups in total. The average molecular weight is 100 g/mol. The van der Waals surface area contributed by atoms with Crippen LogP contribution in [-0.2, 0) is 0 Å². The number of nitrogens with two attached hydrogens (primary N) is 1. The normalized spacial score (nSPS) is 31.3. The maximum absolute atomic E-state index is 2.46. The SMILES string of the molecule is CC[C@@H]1CCC[NH2+]1. The van der Waals surface area contributed by atoms with Crippen molar-refractivity contribution in [1.82, 2.24) is 0 Å². The zero-order valence-corrected chi connectivity index (χ0v) is 4.98. The highest BCUT2D eigenvalue weighted by atomic mass is 14.9. The summed E-state index contributed by atoms with van der Waals surface area (Å²) in [6.07, 6.45) is 4.26. The third kappa shape index (κ3) is 1.16. The first kappa shape index (κ1) is 5.10. The minimum atomic E-state index is 0.972. The van der Waals surface area contributed by atoms with Crippen LogP contribution in [0.4, 0.5) is 0 Å². The first-order valence-corrected chi connectivity index (χ1v) is 3.27. The lowest BCUT2D eigenvalue weighted by Gasteiger charge is -1.98. The molecule has 1 saturated heterocycles. The van der Waals surface area contributed by atoms with Crippen LogP contribution in [0.1, 0.15) is 26.2 Å². The van der Waals surface area contributed by atoms with Crippen LogP contribution in [0, 0.1) is 0 Å². The lowest BCUT2D eigenvalue weighted by atomic mass is 10.2. The van der Waals surface area contributed by atoms with Crippen LogP contribution < -0.4 is 5.32 Å². The van der Waals surface area contributed by atoms with E-state index < -0.39 is 0 Å². The Morgan fingerprint density at radius 3 is 2.86 bits per heavy atom. The molecule has 0 aromatic rings. The summed E-state index contributed by atoms with van der Waals surface area (Å²) in [4.78, 5) is 0. The van der Waals surface area contributed by atoms with Gasteiger partial charge >= 0.3 is 0 Å². The van der Waals surface area contributed by atoms with E-state index in [0.717, 1.165) is 6.04 Å². The van der Waals surface area contributed by atoms with Gasteiger partial charge in [-0.05, 0) is 6.42 Å². The summed E-state index contributed by atoms with van der Waals surface area (Å²) in [5, 5.41) is 2.46. The van der Waals surface area contributed by atoms with Crippen LogP contribution in [-0.4, -0.2) is 12.6 Å². The largest absolute Gasteiger partial charge is 0.344 e. The van der Waals surface area contributed by atoms with E-state index in [1.807, 2.05) is 0 Å². The number of hydrogen-bond donors (Lipinski definition) is 1. The van der Waals surface area contributed by atoms with Gasteiger partial charge in [-0.15, -0.1) is 0 Å². The van der Waals surface area contributed by atoms with Gasteiger partial charge in [0.25, 0.3) is 0 Å². The Morgan fingerprint density at radius 2 is 2.57 bits per heavy atom. The first-order chi connectivity index (χ1) is 3.43. The Hall–Kier alpha value is -0.0400. The molecular formula is C6H14N+. The van der Waals surface area contributed by atoms with Crippen LogP contribution in [0.25, 0.3) is 0 Å². The van der Waals surface area contributed by atoms with Gasteiger partial charge in [0.15, 0.2) is 0 Å². The summed E-state index contributed by atoms with van der Waals surface area (Å²) in [5.41, 5.74) is 0. The van der Waals surface area contributed by atoms with Gasteiger partial charge in [0, 0.05) is 12.8 Å². The van der Waals surface area contributed by atoms with Gasteiger partial charge in [-0.25, -0.2) is 0 Å². The Kier molecular flexibility index (Phi) is 1.69. The van der Waals surface area contributed by atoms with Crippen molar-refractivity contribution in [3.05, 3.63) is 0 Å². The van der Waals surface area contributed by atoms with Crippen molar-refractivity contribution in [3.8, 4) is 0 Å². The Labute approximate surface area is 45.1 Å². The van der Waals surface area contributed by atoms with Crippen LogP contribution in [0.5, 0.6) is 0 Å². The van der Waals surface area contributed by atoms with Crippen molar-refractivity contribution in [3.63, 3.8) is 0 Å². The van der Waals surface area contributed by atoms with Crippen molar-refractivity contribution in [1.29, 1.82) is 0 Å². The molecule has 0 amide bonds. The maximum atomic E-state index is 2.46. The van der Waals surface area contributed by atoms with E-state index in [-0.39, 0.29) is 0 Å². The molecule has 0 radical (unpaired) electrons. The van der Waals surface area contributed by atoms with Crippen LogP contribution in [0.15, 0.2) is 0 Å². The summed E-state index contributed by atoms with van der Waals surface area (Å²) in [5.74, 6) is 0. The Bertz CT molecular complexity index is 46.1. The summed E-state index contributed by atoms with van der Waals surface area (Å²) >= 11 is 0. The molecule has 1 aliphatic rings. The predicted molar refractivity (Wildman–Crippen MR) is 30.1 cm³/mol. The zero-order chi connectivity index (χ0) is 5.11. The molecule has 7 heavy (non-hydrogen) atoms. The number of rotatable bonds is 1. The van der Waals surface area contributed by atoms with Crippen molar-refractivity contribution in [2.45, 2.75) is 32.2 Å². The second kappa shape index (κ2) is 2.31. The summed E-state index contributed by atoms with van der Waals surface area (Å²) < 4.78 is 0. The lowest BCUT2D eigenvalue weighted by Crippen LogP contribution is -2.86. The fraction of sp³-hybridized carbons (Fsp3) is 1.00. The van der Waals surface area contributed by atoms with Gasteiger partial charge in [-0.2, -0.15) is 0 Å². The van der Waals surface area contributed by atoms with Gasteiger partial charge in [0.1, 0.15) is 0 Å². The summed E-state index contributed by atoms with van der Waals surface area (Å²) in [6, 6.07) is 0.972. The highest BCUT2D eigenvalue weighted by Crippen LogP contribution is 1.99. The molecule has 0 aromatic carbocycles. The van der Waals surface area contributed by atoms with Crippen LogP contribution in [0.3, 0.4) is 0 Å². The molecule has 1 heteroatoms. The molecule has 1 aliphatic heterocycles. The fourth-order valence-corrected chi connectivity index (χ4v) is 1.22. The molecule has 0 saturated carbocycles. The molecule has 0 unspecified atom stereocenters. The van der Waals surface area contributed by atoms with Gasteiger partial charge in [0.05, 0.1) is 12.6 Å². The quantitative estimate of drug-likeness (QED) is 0.482. The minimum Gasteiger partial charge on any atom is -0.344 e. The Balaban J connectivity index is 2.14. The third-order valence-electron chi connectivity index (χ3n) is 1.80. The van der Waals surface area contributed by atoms with E-state index in [0.29, 0.717) is 0 Å². The molecule has 0 aliphatic carbocycles. The van der Waals surface area contributed by atoms with Crippen molar-refractivity contribution in [2.75, 3.05) is 6.54 Å². The first-order valence-electron chi connectivity index (χ1n) is 3.27. The molecule has 0 spiro atoms. The molecule has 0 bridgehead atoms. The number of hydrogen-bond acceptors (Lipinski definition) is 0. The minimum absolute atomic E-state index is 0.972. The molecule has 1 nitrogen and oxygen atoms in total. The fourth-order valence-electron chi connectivity index (χ4n) is 1.22. The van der Waals surface area contributed by atoms with Crippen molar-refractivity contribution < 1.29 is 5.32 Å². The van der Waals surface area contributed by atoms with E-state index in [9.17, 15) is 0 Å². The monoisotopic (exact) mass is 100 g/mol. The van der Waals surface area contributed by atoms with Gasteiger partial charge < -0.3 is 5.32 Å². The topological polar surface area (TPSA) is 16.6 Å². The summed E-state index contributed by atoms with van der Waals surface area (Å²) in [6.45, 7) is 3.64. The third-order valence-corrected chi connectivity index (χ3v) is 1.80. The van der Waals surface area contributed by atoms with Crippen LogP contribution >= 0.6 is 0 Å². The van der Waals surface area contributed by atoms with E-state index in [2.05, 4.69) is 12.2 Å². The second-order valence-electron chi connectivity index (χ2n) is 2.33. The Morgan fingerprint density at radius 1 is 1.71 bits per heavy atom. The number of quaternary nitrogens is 1. The van der Waals surface area contributed by atoms with Gasteiger partial charge in [0.2, 0.25) is 0 Å². The molecule has 1 heterocycles. The molecule has 0 aromatic heterocycles. The van der Waals surface area contributed by atoms with Crippen molar-refractivity contribution >= 4 is 0 Å². The smallest absolute Gasteiger partial charge is 0.0858 e. The van der Waals surface area contributed by atoms with Gasteiger partial charge in [-0.1, -0.05) is 6.92 Å². The summed E-state index contributed by atoms with van der Waals surface area (Å²) in [7, 11) is 0. The van der Waals surface area contributed by atoms with E-state index in [1.165, 1.54) is 25.8 Å². The van der Waals surface area contributed by atoms with E-state index in [4.69, 9.17) is 0 Å². The highest BCUT2D eigenvalue weighted by Gasteiger charge is 2.14. The second-order valence-corrected chi connectivity index (χ2v) is 2.33. The molecule has 1 fully saturated rings. The van der Waals surface area contributed by atoms with Gasteiger partial charge in [-0.3, -0.25) is 0 Å². The van der Waals surface area contributed by atoms with Crippen LogP contribution in [0.2, 0.25) is 0 Å². The maximum Gasteiger partial charge on any atom is 0.0858 e. The standard InChI is InChI=1S/C6H13N/c1-2-6-4-3-5-7-6/h6-7H,2-5H2,1H3/p+1/t6-/m1/s1. The van der Waals surface area contributed by atoms with E-state index in [1.54, 1.807) is 0 Å². The van der Waals surface area contributed by atoms with E-state index >= 15 is 0 Å². The lowest BCUT2D eigenvalue weighted by molar-refractivity contribution is -0.670. The molecule has 42 valence electrons. The molecular weight excluding hydrogens is 86.1 g/mol. The predicted octanol–water partition coefficient (Wildman–Crippen LogP) is 0.122. The highest BCUT2D eigenvalue weighted by molar-refractivity contribution is 4.55. The van der Waals surface area contributed by atoms with Crippen molar-refractivity contribution in [2.24, 2.45) is 0 Å². The molecule has 1 rings (SSSR count).